The molecule has 0 spiro atoms. The van der Waals surface area contributed by atoms with E-state index < -0.39 is 10.2 Å². The summed E-state index contributed by atoms with van der Waals surface area (Å²) in [6.45, 7) is 4.65. The van der Waals surface area contributed by atoms with Gasteiger partial charge < -0.3 is 10.5 Å². The van der Waals surface area contributed by atoms with Crippen LogP contribution in [0, 0.1) is 0 Å². The van der Waals surface area contributed by atoms with Crippen LogP contribution in [0.5, 0.6) is 0 Å². The quantitative estimate of drug-likeness (QED) is 0.796. The molecule has 2 aliphatic rings. The fourth-order valence-electron chi connectivity index (χ4n) is 2.85. The maximum Gasteiger partial charge on any atom is 0.279 e. The summed E-state index contributed by atoms with van der Waals surface area (Å²) in [4.78, 5) is 0. The molecule has 0 bridgehead atoms. The summed E-state index contributed by atoms with van der Waals surface area (Å²) in [5, 5.41) is 0. The van der Waals surface area contributed by atoms with Crippen LogP contribution in [0.2, 0.25) is 0 Å². The third kappa shape index (κ3) is 4.82. The lowest BCUT2D eigenvalue weighted by molar-refractivity contribution is -0.0445. The van der Waals surface area contributed by atoms with E-state index in [9.17, 15) is 8.42 Å². The van der Waals surface area contributed by atoms with Crippen molar-refractivity contribution in [1.29, 1.82) is 0 Å². The van der Waals surface area contributed by atoms with E-state index in [1.165, 1.54) is 4.31 Å². The van der Waals surface area contributed by atoms with E-state index in [-0.39, 0.29) is 36.7 Å². The van der Waals surface area contributed by atoms with Gasteiger partial charge in [-0.1, -0.05) is 0 Å². The third-order valence-electron chi connectivity index (χ3n) is 3.81. The normalized spacial score (nSPS) is 36.4. The maximum atomic E-state index is 12.4. The summed E-state index contributed by atoms with van der Waals surface area (Å²) in [7, 11) is -3.40. The van der Waals surface area contributed by atoms with E-state index >= 15 is 0 Å². The smallest absolute Gasteiger partial charge is 0.279 e. The van der Waals surface area contributed by atoms with Gasteiger partial charge in [-0.15, -0.1) is 12.4 Å². The zero-order valence-corrected chi connectivity index (χ0v) is 13.8. The Morgan fingerprint density at radius 2 is 1.60 bits per heavy atom. The summed E-state index contributed by atoms with van der Waals surface area (Å²) in [6.07, 6.45) is 3.33. The minimum absolute atomic E-state index is 0. The number of nitrogens with one attached hydrogen (secondary N) is 1. The molecule has 0 aromatic carbocycles. The number of morpholine rings is 1. The lowest BCUT2D eigenvalue weighted by atomic mass is 9.93. The molecule has 0 amide bonds. The van der Waals surface area contributed by atoms with Gasteiger partial charge in [-0.05, 0) is 39.5 Å². The van der Waals surface area contributed by atoms with Crippen LogP contribution in [-0.2, 0) is 14.9 Å². The Labute approximate surface area is 128 Å². The second kappa shape index (κ2) is 7.38. The zero-order valence-electron chi connectivity index (χ0n) is 12.1. The van der Waals surface area contributed by atoms with Gasteiger partial charge in [0.2, 0.25) is 0 Å². The van der Waals surface area contributed by atoms with Crippen molar-refractivity contribution in [3.05, 3.63) is 0 Å². The molecule has 6 nitrogen and oxygen atoms in total. The van der Waals surface area contributed by atoms with Crippen molar-refractivity contribution in [2.75, 3.05) is 13.1 Å². The highest BCUT2D eigenvalue weighted by Crippen LogP contribution is 2.19. The molecule has 0 aromatic heterocycles. The zero-order chi connectivity index (χ0) is 14.0. The summed E-state index contributed by atoms with van der Waals surface area (Å²) in [5.74, 6) is 0. The molecular weight excluding hydrogens is 302 g/mol. The highest BCUT2D eigenvalue weighted by Gasteiger charge is 2.33. The molecule has 120 valence electrons. The van der Waals surface area contributed by atoms with Crippen LogP contribution in [0.25, 0.3) is 0 Å². The van der Waals surface area contributed by atoms with Crippen LogP contribution < -0.4 is 10.5 Å². The fraction of sp³-hybridized carbons (Fsp3) is 1.00. The van der Waals surface area contributed by atoms with Gasteiger partial charge in [-0.3, -0.25) is 0 Å². The lowest BCUT2D eigenvalue weighted by Gasteiger charge is -2.36. The average Bonchev–Trinajstić information content (AvgIpc) is 2.31. The number of hydrogen-bond acceptors (Lipinski definition) is 4. The van der Waals surface area contributed by atoms with E-state index in [0.717, 1.165) is 25.7 Å². The SMILES string of the molecule is CC1CN(S(=O)(=O)NC2CCC(N)CC2)CC(C)O1.Cl. The summed E-state index contributed by atoms with van der Waals surface area (Å²) in [5.41, 5.74) is 5.84. The number of nitrogens with zero attached hydrogens (tertiary/aromatic N) is 1. The van der Waals surface area contributed by atoms with Crippen LogP contribution in [0.1, 0.15) is 39.5 Å². The lowest BCUT2D eigenvalue weighted by Crippen LogP contribution is -2.54. The highest BCUT2D eigenvalue weighted by atomic mass is 35.5. The minimum atomic E-state index is -3.40. The van der Waals surface area contributed by atoms with Gasteiger partial charge in [-0.2, -0.15) is 17.4 Å². The van der Waals surface area contributed by atoms with E-state index in [0.29, 0.717) is 13.1 Å². The molecule has 1 aliphatic carbocycles. The molecule has 2 atom stereocenters. The maximum absolute atomic E-state index is 12.4. The van der Waals surface area contributed by atoms with E-state index in [2.05, 4.69) is 4.72 Å². The topological polar surface area (TPSA) is 84.7 Å². The Bertz CT molecular complexity index is 389. The van der Waals surface area contributed by atoms with Crippen molar-refractivity contribution in [2.24, 2.45) is 5.73 Å². The van der Waals surface area contributed by atoms with Crippen LogP contribution >= 0.6 is 12.4 Å². The van der Waals surface area contributed by atoms with Gasteiger partial charge in [0.1, 0.15) is 0 Å². The van der Waals surface area contributed by atoms with Gasteiger partial charge in [0.05, 0.1) is 12.2 Å². The summed E-state index contributed by atoms with van der Waals surface area (Å²) in [6, 6.07) is 0.252. The largest absolute Gasteiger partial charge is 0.373 e. The van der Waals surface area contributed by atoms with Gasteiger partial charge >= 0.3 is 0 Å². The number of hydrogen-bond donors (Lipinski definition) is 2. The minimum Gasteiger partial charge on any atom is -0.373 e. The molecule has 1 saturated heterocycles. The Balaban J connectivity index is 0.00000200. The molecule has 0 radical (unpaired) electrons. The van der Waals surface area contributed by atoms with Gasteiger partial charge in [0.15, 0.2) is 0 Å². The van der Waals surface area contributed by atoms with Crippen LogP contribution in [0.15, 0.2) is 0 Å². The molecule has 1 aliphatic heterocycles. The Morgan fingerprint density at radius 1 is 1.10 bits per heavy atom. The number of ether oxygens (including phenoxy) is 1. The summed E-state index contributed by atoms with van der Waals surface area (Å²) >= 11 is 0. The predicted octanol–water partition coefficient (Wildman–Crippen LogP) is 0.622. The molecule has 3 N–H and O–H groups in total. The second-order valence-electron chi connectivity index (χ2n) is 5.81. The van der Waals surface area contributed by atoms with E-state index in [1.54, 1.807) is 0 Å². The van der Waals surface area contributed by atoms with Crippen LogP contribution in [0.4, 0.5) is 0 Å². The molecule has 2 unspecified atom stereocenters. The molecule has 2 fully saturated rings. The molecule has 20 heavy (non-hydrogen) atoms. The van der Waals surface area contributed by atoms with Gasteiger partial charge in [0.25, 0.3) is 10.2 Å². The number of nitrogens with two attached hydrogens (primary N) is 1. The predicted molar refractivity (Wildman–Crippen MR) is 81.1 cm³/mol. The first kappa shape index (κ1) is 18.1. The fourth-order valence-corrected chi connectivity index (χ4v) is 4.47. The number of rotatable bonds is 3. The molecule has 1 saturated carbocycles. The molecular formula is C12H26ClN3O3S. The Hall–Kier alpha value is 0.0800. The third-order valence-corrected chi connectivity index (χ3v) is 5.42. The van der Waals surface area contributed by atoms with E-state index in [1.807, 2.05) is 13.8 Å². The van der Waals surface area contributed by atoms with Crippen molar-refractivity contribution < 1.29 is 13.2 Å². The molecule has 1 heterocycles. The standard InChI is InChI=1S/C12H25N3O3S.ClH/c1-9-7-15(8-10(2)18-9)19(16,17)14-12-5-3-11(13)4-6-12;/h9-12,14H,3-8,13H2,1-2H3;1H. The van der Waals surface area contributed by atoms with Crippen molar-refractivity contribution in [3.8, 4) is 0 Å². The molecule has 2 rings (SSSR count). The van der Waals surface area contributed by atoms with Crippen LogP contribution in [-0.4, -0.2) is 50.1 Å². The first-order valence-corrected chi connectivity index (χ1v) is 8.49. The monoisotopic (exact) mass is 327 g/mol. The van der Waals surface area contributed by atoms with Crippen molar-refractivity contribution in [3.63, 3.8) is 0 Å². The summed E-state index contributed by atoms with van der Waals surface area (Å²) < 4.78 is 34.6. The van der Waals surface area contributed by atoms with Crippen molar-refractivity contribution in [1.82, 2.24) is 9.03 Å². The Kier molecular flexibility index (Phi) is 6.69. The second-order valence-corrected chi connectivity index (χ2v) is 7.51. The first-order chi connectivity index (χ1) is 8.87. The van der Waals surface area contributed by atoms with Crippen LogP contribution in [0.3, 0.4) is 0 Å². The van der Waals surface area contributed by atoms with Crippen molar-refractivity contribution in [2.45, 2.75) is 63.8 Å². The first-order valence-electron chi connectivity index (χ1n) is 7.05. The number of halogens is 1. The van der Waals surface area contributed by atoms with Gasteiger partial charge in [-0.25, -0.2) is 0 Å². The average molecular weight is 328 g/mol. The van der Waals surface area contributed by atoms with E-state index in [4.69, 9.17) is 10.5 Å². The Morgan fingerprint density at radius 3 is 2.10 bits per heavy atom. The molecule has 8 heteroatoms. The van der Waals surface area contributed by atoms with Crippen molar-refractivity contribution >= 4 is 22.6 Å². The van der Waals surface area contributed by atoms with Gasteiger partial charge in [0, 0.05) is 25.2 Å². The highest BCUT2D eigenvalue weighted by molar-refractivity contribution is 7.87. The molecule has 0 aromatic rings.